The molecule has 2 nitrogen and oxygen atoms in total. The summed E-state index contributed by atoms with van der Waals surface area (Å²) >= 11 is 0. The number of unbranched alkanes of at least 4 members (excludes halogenated alkanes) is 18. The molecule has 1 saturated heterocycles. The predicted molar refractivity (Wildman–Crippen MR) is 156 cm³/mol. The van der Waals surface area contributed by atoms with Gasteiger partial charge in [-0.25, -0.2) is 0 Å². The maximum atomic E-state index is 2.77. The van der Waals surface area contributed by atoms with Gasteiger partial charge in [0, 0.05) is 26.2 Å². The normalized spacial score (nSPS) is 15.4. The second kappa shape index (κ2) is 21.2. The van der Waals surface area contributed by atoms with E-state index in [1.807, 2.05) is 0 Å². The number of hydrogen-bond acceptors (Lipinski definition) is 2. The molecule has 1 heterocycles. The van der Waals surface area contributed by atoms with Crippen molar-refractivity contribution < 1.29 is 0 Å². The third kappa shape index (κ3) is 13.9. The Kier molecular flexibility index (Phi) is 18.4. The minimum Gasteiger partial charge on any atom is -0.283 e. The molecule has 1 aromatic rings. The van der Waals surface area contributed by atoms with E-state index < -0.39 is 0 Å². The van der Waals surface area contributed by atoms with Crippen LogP contribution in [0.2, 0.25) is 0 Å². The summed E-state index contributed by atoms with van der Waals surface area (Å²) in [4.78, 5) is 5.55. The highest BCUT2D eigenvalue weighted by Gasteiger charge is 2.32. The smallest absolute Gasteiger partial charge is 0.0887 e. The fourth-order valence-electron chi connectivity index (χ4n) is 5.85. The molecule has 0 amide bonds. The summed E-state index contributed by atoms with van der Waals surface area (Å²) < 4.78 is 0. The van der Waals surface area contributed by atoms with Crippen molar-refractivity contribution in [1.82, 2.24) is 9.80 Å². The molecule has 0 radical (unpaired) electrons. The molecule has 1 fully saturated rings. The highest BCUT2D eigenvalue weighted by atomic mass is 15.4. The molecule has 0 atom stereocenters. The standard InChI is InChI=1S/C33H60N2/c1-3-5-7-9-11-13-15-17-19-24-28-34-30-31-35(33(34)32-26-22-21-23-27-32)29-25-20-18-16-14-12-10-8-6-4-2/h21-23,26-27,33H,3-20,24-25,28-31H2,1-2H3. The van der Waals surface area contributed by atoms with Crippen LogP contribution < -0.4 is 0 Å². The zero-order valence-corrected chi connectivity index (χ0v) is 23.8. The van der Waals surface area contributed by atoms with Gasteiger partial charge in [-0.05, 0) is 18.4 Å². The van der Waals surface area contributed by atoms with Crippen molar-refractivity contribution in [2.45, 2.75) is 148 Å². The highest BCUT2D eigenvalue weighted by Crippen LogP contribution is 2.30. The monoisotopic (exact) mass is 484 g/mol. The Bertz CT molecular complexity index is 540. The van der Waals surface area contributed by atoms with Crippen molar-refractivity contribution in [3.8, 4) is 0 Å². The van der Waals surface area contributed by atoms with E-state index in [0.717, 1.165) is 0 Å². The summed E-state index contributed by atoms with van der Waals surface area (Å²) in [5.41, 5.74) is 1.50. The summed E-state index contributed by atoms with van der Waals surface area (Å²) in [6.07, 6.45) is 29.0. The van der Waals surface area contributed by atoms with E-state index in [1.165, 1.54) is 160 Å². The quantitative estimate of drug-likeness (QED) is 0.143. The lowest BCUT2D eigenvalue weighted by atomic mass is 10.1. The van der Waals surface area contributed by atoms with Gasteiger partial charge >= 0.3 is 0 Å². The lowest BCUT2D eigenvalue weighted by Gasteiger charge is -2.31. The largest absolute Gasteiger partial charge is 0.283 e. The Labute approximate surface area is 220 Å². The van der Waals surface area contributed by atoms with Crippen LogP contribution in [0.3, 0.4) is 0 Å². The van der Waals surface area contributed by atoms with Gasteiger partial charge in [0.05, 0.1) is 6.17 Å². The van der Waals surface area contributed by atoms with Crippen molar-refractivity contribution in [3.05, 3.63) is 35.9 Å². The van der Waals surface area contributed by atoms with Crippen molar-refractivity contribution >= 4 is 0 Å². The lowest BCUT2D eigenvalue weighted by Crippen LogP contribution is -2.32. The molecule has 0 N–H and O–H groups in total. The molecule has 1 aromatic carbocycles. The molecule has 0 spiro atoms. The molecule has 0 bridgehead atoms. The molecule has 2 heteroatoms. The number of hydrogen-bond donors (Lipinski definition) is 0. The van der Waals surface area contributed by atoms with Crippen LogP contribution in [-0.4, -0.2) is 36.0 Å². The number of rotatable bonds is 23. The zero-order chi connectivity index (χ0) is 24.8. The van der Waals surface area contributed by atoms with Gasteiger partial charge in [0.1, 0.15) is 0 Å². The first-order valence-corrected chi connectivity index (χ1v) is 15.9. The van der Waals surface area contributed by atoms with Gasteiger partial charge in [0.2, 0.25) is 0 Å². The predicted octanol–water partition coefficient (Wildman–Crippen LogP) is 10.1. The average Bonchev–Trinajstić information content (AvgIpc) is 3.29. The van der Waals surface area contributed by atoms with Gasteiger partial charge in [-0.3, -0.25) is 9.80 Å². The minimum absolute atomic E-state index is 0.508. The van der Waals surface area contributed by atoms with E-state index in [9.17, 15) is 0 Å². The topological polar surface area (TPSA) is 6.48 Å². The molecular weight excluding hydrogens is 424 g/mol. The van der Waals surface area contributed by atoms with Crippen molar-refractivity contribution in [2.24, 2.45) is 0 Å². The first kappa shape index (κ1) is 30.4. The molecule has 1 aliphatic heterocycles. The molecule has 202 valence electrons. The second-order valence-electron chi connectivity index (χ2n) is 11.2. The number of benzene rings is 1. The first-order chi connectivity index (χ1) is 17.4. The average molecular weight is 485 g/mol. The molecular formula is C33H60N2. The van der Waals surface area contributed by atoms with Crippen molar-refractivity contribution in [2.75, 3.05) is 26.2 Å². The molecule has 35 heavy (non-hydrogen) atoms. The fraction of sp³-hybridized carbons (Fsp3) is 0.818. The van der Waals surface area contributed by atoms with Crippen LogP contribution in [0.25, 0.3) is 0 Å². The Balaban J connectivity index is 1.61. The summed E-state index contributed by atoms with van der Waals surface area (Å²) in [6, 6.07) is 11.3. The van der Waals surface area contributed by atoms with E-state index in [1.54, 1.807) is 0 Å². The van der Waals surface area contributed by atoms with E-state index in [-0.39, 0.29) is 0 Å². The van der Waals surface area contributed by atoms with Crippen molar-refractivity contribution in [3.63, 3.8) is 0 Å². The fourth-order valence-corrected chi connectivity index (χ4v) is 5.85. The molecule has 2 rings (SSSR count). The van der Waals surface area contributed by atoms with Gasteiger partial charge in [-0.15, -0.1) is 0 Å². The Hall–Kier alpha value is -0.860. The summed E-state index contributed by atoms with van der Waals surface area (Å²) in [7, 11) is 0. The Morgan fingerprint density at radius 3 is 1.20 bits per heavy atom. The van der Waals surface area contributed by atoms with Crippen LogP contribution in [0, 0.1) is 0 Å². The van der Waals surface area contributed by atoms with Gasteiger partial charge in [-0.1, -0.05) is 160 Å². The molecule has 0 unspecified atom stereocenters. The second-order valence-corrected chi connectivity index (χ2v) is 11.2. The SMILES string of the molecule is CCCCCCCCCCCCN1CCN(CCCCCCCCCCCC)C1c1ccccc1. The van der Waals surface area contributed by atoms with Crippen molar-refractivity contribution in [1.29, 1.82) is 0 Å². The maximum absolute atomic E-state index is 2.77. The maximum Gasteiger partial charge on any atom is 0.0887 e. The van der Waals surface area contributed by atoms with Gasteiger partial charge in [-0.2, -0.15) is 0 Å². The Morgan fingerprint density at radius 1 is 0.486 bits per heavy atom. The van der Waals surface area contributed by atoms with Crippen LogP contribution in [0.5, 0.6) is 0 Å². The van der Waals surface area contributed by atoms with Crippen LogP contribution in [-0.2, 0) is 0 Å². The van der Waals surface area contributed by atoms with Crippen LogP contribution in [0.4, 0.5) is 0 Å². The molecule has 1 aliphatic rings. The summed E-state index contributed by atoms with van der Waals surface area (Å²) in [5.74, 6) is 0. The first-order valence-electron chi connectivity index (χ1n) is 15.9. The van der Waals surface area contributed by atoms with Crippen LogP contribution in [0.1, 0.15) is 154 Å². The van der Waals surface area contributed by atoms with E-state index in [0.29, 0.717) is 6.17 Å². The van der Waals surface area contributed by atoms with E-state index >= 15 is 0 Å². The van der Waals surface area contributed by atoms with E-state index in [4.69, 9.17) is 0 Å². The molecule has 0 aromatic heterocycles. The van der Waals surface area contributed by atoms with Crippen LogP contribution in [0.15, 0.2) is 30.3 Å². The molecule has 0 saturated carbocycles. The highest BCUT2D eigenvalue weighted by molar-refractivity contribution is 5.19. The van der Waals surface area contributed by atoms with Gasteiger partial charge in [0.15, 0.2) is 0 Å². The van der Waals surface area contributed by atoms with E-state index in [2.05, 4.69) is 54.0 Å². The van der Waals surface area contributed by atoms with Gasteiger partial charge in [0.25, 0.3) is 0 Å². The summed E-state index contributed by atoms with van der Waals surface area (Å²) in [5, 5.41) is 0. The molecule has 0 aliphatic carbocycles. The van der Waals surface area contributed by atoms with Gasteiger partial charge < -0.3 is 0 Å². The third-order valence-corrected chi connectivity index (χ3v) is 8.06. The number of nitrogens with zero attached hydrogens (tertiary/aromatic N) is 2. The zero-order valence-electron chi connectivity index (χ0n) is 23.8. The third-order valence-electron chi connectivity index (χ3n) is 8.06. The minimum atomic E-state index is 0.508. The lowest BCUT2D eigenvalue weighted by molar-refractivity contribution is 0.133. The summed E-state index contributed by atoms with van der Waals surface area (Å²) in [6.45, 7) is 9.64. The van der Waals surface area contributed by atoms with Crippen LogP contribution >= 0.6 is 0 Å². The Morgan fingerprint density at radius 2 is 0.829 bits per heavy atom.